The van der Waals surface area contributed by atoms with E-state index in [0.29, 0.717) is 6.54 Å². The lowest BCUT2D eigenvalue weighted by molar-refractivity contribution is 0.0937. The number of rotatable bonds is 5. The highest BCUT2D eigenvalue weighted by molar-refractivity contribution is 7.10. The van der Waals surface area contributed by atoms with Crippen molar-refractivity contribution in [2.24, 2.45) is 0 Å². The number of amides is 1. The Morgan fingerprint density at radius 3 is 2.52 bits per heavy atom. The number of hydrogen-bond donors (Lipinski definition) is 1. The number of thiophene rings is 1. The smallest absolute Gasteiger partial charge is 0.251 e. The normalized spacial score (nSPS) is 16.4. The van der Waals surface area contributed by atoms with Gasteiger partial charge in [0.15, 0.2) is 0 Å². The van der Waals surface area contributed by atoms with Crippen LogP contribution in [0.4, 0.5) is 8.78 Å². The van der Waals surface area contributed by atoms with Gasteiger partial charge < -0.3 is 5.32 Å². The average Bonchev–Trinajstić information content (AvgIpc) is 3.20. The SMILES string of the molecule is O=C(NC[C@@H](c1cccs1)N1CCCC1)c1cc(F)cc(F)c1. The van der Waals surface area contributed by atoms with Crippen molar-refractivity contribution in [1.29, 1.82) is 0 Å². The van der Waals surface area contributed by atoms with Gasteiger partial charge in [0.2, 0.25) is 0 Å². The number of likely N-dealkylation sites (tertiary alicyclic amines) is 1. The van der Waals surface area contributed by atoms with E-state index < -0.39 is 17.5 Å². The maximum Gasteiger partial charge on any atom is 0.251 e. The van der Waals surface area contributed by atoms with Crippen LogP contribution in [0.3, 0.4) is 0 Å². The average molecular weight is 336 g/mol. The Labute approximate surface area is 137 Å². The third-order valence-electron chi connectivity index (χ3n) is 4.03. The minimum atomic E-state index is -0.746. The number of benzene rings is 1. The van der Waals surface area contributed by atoms with Gasteiger partial charge in [0.1, 0.15) is 11.6 Å². The molecule has 122 valence electrons. The Hall–Kier alpha value is -1.79. The third-order valence-corrected chi connectivity index (χ3v) is 5.01. The molecule has 1 aromatic heterocycles. The highest BCUT2D eigenvalue weighted by Gasteiger charge is 2.24. The highest BCUT2D eigenvalue weighted by atomic mass is 32.1. The molecule has 0 unspecified atom stereocenters. The van der Waals surface area contributed by atoms with Crippen LogP contribution >= 0.6 is 11.3 Å². The summed E-state index contributed by atoms with van der Waals surface area (Å²) in [7, 11) is 0. The van der Waals surface area contributed by atoms with Crippen LogP contribution in [0.5, 0.6) is 0 Å². The second-order valence-electron chi connectivity index (χ2n) is 5.64. The number of halogens is 2. The molecule has 2 heterocycles. The predicted octanol–water partition coefficient (Wildman–Crippen LogP) is 3.59. The van der Waals surface area contributed by atoms with E-state index in [-0.39, 0.29) is 11.6 Å². The van der Waals surface area contributed by atoms with Gasteiger partial charge in [-0.1, -0.05) is 6.07 Å². The first-order chi connectivity index (χ1) is 11.1. The number of nitrogens with one attached hydrogen (secondary N) is 1. The van der Waals surface area contributed by atoms with Crippen molar-refractivity contribution in [3.8, 4) is 0 Å². The molecule has 1 atom stereocenters. The number of carbonyl (C=O) groups is 1. The van der Waals surface area contributed by atoms with Gasteiger partial charge in [0, 0.05) is 23.1 Å². The van der Waals surface area contributed by atoms with Crippen LogP contribution in [0.25, 0.3) is 0 Å². The lowest BCUT2D eigenvalue weighted by Gasteiger charge is -2.26. The summed E-state index contributed by atoms with van der Waals surface area (Å²) in [6.07, 6.45) is 2.32. The zero-order valence-corrected chi connectivity index (χ0v) is 13.4. The van der Waals surface area contributed by atoms with Crippen molar-refractivity contribution in [3.05, 3.63) is 57.8 Å². The Morgan fingerprint density at radius 1 is 1.22 bits per heavy atom. The quantitative estimate of drug-likeness (QED) is 0.905. The van der Waals surface area contributed by atoms with Gasteiger partial charge in [-0.15, -0.1) is 11.3 Å². The van der Waals surface area contributed by atoms with Crippen LogP contribution in [0.15, 0.2) is 35.7 Å². The molecule has 1 fully saturated rings. The Bertz CT molecular complexity index is 649. The summed E-state index contributed by atoms with van der Waals surface area (Å²) >= 11 is 1.66. The van der Waals surface area contributed by atoms with Crippen LogP contribution in [0.2, 0.25) is 0 Å². The lowest BCUT2D eigenvalue weighted by Crippen LogP contribution is -2.36. The molecule has 1 aliphatic heterocycles. The molecule has 23 heavy (non-hydrogen) atoms. The molecule has 2 aromatic rings. The Balaban J connectivity index is 1.69. The van der Waals surface area contributed by atoms with Crippen molar-refractivity contribution < 1.29 is 13.6 Å². The zero-order valence-electron chi connectivity index (χ0n) is 12.6. The van der Waals surface area contributed by atoms with Gasteiger partial charge in [-0.2, -0.15) is 0 Å². The number of hydrogen-bond acceptors (Lipinski definition) is 3. The monoisotopic (exact) mass is 336 g/mol. The summed E-state index contributed by atoms with van der Waals surface area (Å²) in [4.78, 5) is 15.7. The summed E-state index contributed by atoms with van der Waals surface area (Å²) in [5.41, 5.74) is 0.00820. The molecular weight excluding hydrogens is 318 g/mol. The lowest BCUT2D eigenvalue weighted by atomic mass is 10.1. The van der Waals surface area contributed by atoms with E-state index >= 15 is 0 Å². The van der Waals surface area contributed by atoms with Crippen LogP contribution in [0, 0.1) is 11.6 Å². The summed E-state index contributed by atoms with van der Waals surface area (Å²) in [5, 5.41) is 4.83. The van der Waals surface area contributed by atoms with Crippen molar-refractivity contribution in [3.63, 3.8) is 0 Å². The molecule has 0 spiro atoms. The summed E-state index contributed by atoms with van der Waals surface area (Å²) in [6, 6.07) is 7.02. The van der Waals surface area contributed by atoms with Gasteiger partial charge in [0.05, 0.1) is 6.04 Å². The largest absolute Gasteiger partial charge is 0.350 e. The first-order valence-electron chi connectivity index (χ1n) is 7.65. The first kappa shape index (κ1) is 16.1. The number of carbonyl (C=O) groups excluding carboxylic acids is 1. The van der Waals surface area contributed by atoms with Crippen molar-refractivity contribution >= 4 is 17.2 Å². The van der Waals surface area contributed by atoms with E-state index in [1.165, 1.54) is 4.88 Å². The molecule has 0 aliphatic carbocycles. The van der Waals surface area contributed by atoms with E-state index in [4.69, 9.17) is 0 Å². The molecule has 1 aromatic carbocycles. The molecule has 0 bridgehead atoms. The topological polar surface area (TPSA) is 32.3 Å². The Kier molecular flexibility index (Phi) is 5.03. The minimum absolute atomic E-state index is 0.00820. The molecule has 0 saturated carbocycles. The second kappa shape index (κ2) is 7.19. The fourth-order valence-electron chi connectivity index (χ4n) is 2.92. The fraction of sp³-hybridized carbons (Fsp3) is 0.353. The molecule has 1 amide bonds. The van der Waals surface area contributed by atoms with Crippen molar-refractivity contribution in [2.75, 3.05) is 19.6 Å². The standard InChI is InChI=1S/C17H18F2N2OS/c18-13-8-12(9-14(19)10-13)17(22)20-11-15(16-4-3-7-23-16)21-5-1-2-6-21/h3-4,7-10,15H,1-2,5-6,11H2,(H,20,22)/t15-/m0/s1. The maximum absolute atomic E-state index is 13.2. The molecule has 3 nitrogen and oxygen atoms in total. The number of nitrogens with zero attached hydrogens (tertiary/aromatic N) is 1. The first-order valence-corrected chi connectivity index (χ1v) is 8.53. The van der Waals surface area contributed by atoms with Crippen LogP contribution in [-0.2, 0) is 0 Å². The van der Waals surface area contributed by atoms with Crippen LogP contribution < -0.4 is 5.32 Å². The fourth-order valence-corrected chi connectivity index (χ4v) is 3.78. The zero-order chi connectivity index (χ0) is 16.2. The summed E-state index contributed by atoms with van der Waals surface area (Å²) in [6.45, 7) is 2.44. The van der Waals surface area contributed by atoms with E-state index in [0.717, 1.165) is 44.1 Å². The van der Waals surface area contributed by atoms with Gasteiger partial charge in [-0.05, 0) is 49.5 Å². The summed E-state index contributed by atoms with van der Waals surface area (Å²) < 4.78 is 26.5. The molecule has 3 rings (SSSR count). The van der Waals surface area contributed by atoms with Gasteiger partial charge >= 0.3 is 0 Å². The maximum atomic E-state index is 13.2. The van der Waals surface area contributed by atoms with E-state index in [2.05, 4.69) is 16.3 Å². The van der Waals surface area contributed by atoms with Crippen molar-refractivity contribution in [1.82, 2.24) is 10.2 Å². The van der Waals surface area contributed by atoms with E-state index in [1.807, 2.05) is 11.4 Å². The van der Waals surface area contributed by atoms with Crippen molar-refractivity contribution in [2.45, 2.75) is 18.9 Å². The van der Waals surface area contributed by atoms with Gasteiger partial charge in [-0.25, -0.2) is 8.78 Å². The van der Waals surface area contributed by atoms with Crippen LogP contribution in [-0.4, -0.2) is 30.4 Å². The molecule has 1 N–H and O–H groups in total. The predicted molar refractivity (Wildman–Crippen MR) is 86.6 cm³/mol. The van der Waals surface area contributed by atoms with Crippen LogP contribution in [0.1, 0.15) is 34.1 Å². The van der Waals surface area contributed by atoms with E-state index in [9.17, 15) is 13.6 Å². The van der Waals surface area contributed by atoms with Gasteiger partial charge in [-0.3, -0.25) is 9.69 Å². The third kappa shape index (κ3) is 3.95. The summed E-state index contributed by atoms with van der Waals surface area (Å²) in [5.74, 6) is -1.95. The molecule has 0 radical (unpaired) electrons. The second-order valence-corrected chi connectivity index (χ2v) is 6.62. The highest BCUT2D eigenvalue weighted by Crippen LogP contribution is 2.27. The minimum Gasteiger partial charge on any atom is -0.350 e. The molecule has 1 aliphatic rings. The van der Waals surface area contributed by atoms with E-state index in [1.54, 1.807) is 11.3 Å². The molecular formula is C17H18F2N2OS. The molecule has 6 heteroatoms. The molecule has 1 saturated heterocycles. The van der Waals surface area contributed by atoms with Gasteiger partial charge in [0.25, 0.3) is 5.91 Å². The Morgan fingerprint density at radius 2 is 1.91 bits per heavy atom.